The van der Waals surface area contributed by atoms with Crippen molar-refractivity contribution in [3.63, 3.8) is 0 Å². The van der Waals surface area contributed by atoms with Crippen molar-refractivity contribution in [2.75, 3.05) is 20.8 Å². The van der Waals surface area contributed by atoms with Gasteiger partial charge in [-0.3, -0.25) is 0 Å². The van der Waals surface area contributed by atoms with E-state index in [2.05, 4.69) is 9.93 Å². The molecule has 0 aliphatic rings. The van der Waals surface area contributed by atoms with Gasteiger partial charge in [0, 0.05) is 6.07 Å². The van der Waals surface area contributed by atoms with Crippen LogP contribution in [0.15, 0.2) is 46.4 Å². The molecule has 0 aliphatic heterocycles. The molecule has 0 unspecified atom stereocenters. The van der Waals surface area contributed by atoms with Gasteiger partial charge < -0.3 is 14.2 Å². The Bertz CT molecular complexity index is 900. The lowest BCUT2D eigenvalue weighted by atomic mass is 10.2. The summed E-state index contributed by atoms with van der Waals surface area (Å²) in [7, 11) is -1.12. The fourth-order valence-corrected chi connectivity index (χ4v) is 3.30. The summed E-state index contributed by atoms with van der Waals surface area (Å²) in [6.45, 7) is 2.35. The van der Waals surface area contributed by atoms with Crippen molar-refractivity contribution in [2.45, 2.75) is 11.8 Å². The number of ether oxygens (including phenoxy) is 3. The molecule has 26 heavy (non-hydrogen) atoms. The number of hydrogen-bond donors (Lipinski definition) is 1. The first kappa shape index (κ1) is 19.9. The topological polar surface area (TPSA) is 86.2 Å². The van der Waals surface area contributed by atoms with Gasteiger partial charge in [0.2, 0.25) is 0 Å². The summed E-state index contributed by atoms with van der Waals surface area (Å²) >= 11 is 6.09. The van der Waals surface area contributed by atoms with E-state index in [9.17, 15) is 8.42 Å². The second-order valence-corrected chi connectivity index (χ2v) is 7.03. The van der Waals surface area contributed by atoms with Crippen LogP contribution in [0.2, 0.25) is 5.02 Å². The highest BCUT2D eigenvalue weighted by Crippen LogP contribution is 2.28. The molecule has 7 nitrogen and oxygen atoms in total. The quantitative estimate of drug-likeness (QED) is 0.545. The summed E-state index contributed by atoms with van der Waals surface area (Å²) in [6.07, 6.45) is 1.34. The Morgan fingerprint density at radius 3 is 2.46 bits per heavy atom. The van der Waals surface area contributed by atoms with Crippen molar-refractivity contribution >= 4 is 27.8 Å². The van der Waals surface area contributed by atoms with Crippen LogP contribution in [-0.4, -0.2) is 35.5 Å². The van der Waals surface area contributed by atoms with Gasteiger partial charge in [-0.25, -0.2) is 0 Å². The van der Waals surface area contributed by atoms with E-state index < -0.39 is 10.0 Å². The zero-order valence-electron chi connectivity index (χ0n) is 14.5. The first-order valence-electron chi connectivity index (χ1n) is 7.60. The Hall–Kier alpha value is -2.45. The van der Waals surface area contributed by atoms with Gasteiger partial charge in [0.05, 0.1) is 32.1 Å². The highest BCUT2D eigenvalue weighted by Gasteiger charge is 2.20. The molecule has 0 saturated heterocycles. The first-order chi connectivity index (χ1) is 12.4. The fourth-order valence-electron chi connectivity index (χ4n) is 2.08. The van der Waals surface area contributed by atoms with Gasteiger partial charge in [0.1, 0.15) is 22.1 Å². The number of hydrogen-bond acceptors (Lipinski definition) is 6. The molecule has 9 heteroatoms. The number of halogens is 1. The summed E-state index contributed by atoms with van der Waals surface area (Å²) in [6, 6.07) is 9.47. The van der Waals surface area contributed by atoms with Gasteiger partial charge in [-0.05, 0) is 42.8 Å². The number of hydrazone groups is 1. The Balaban J connectivity index is 2.20. The summed E-state index contributed by atoms with van der Waals surface area (Å²) in [5, 5.41) is 4.19. The molecule has 0 saturated carbocycles. The van der Waals surface area contributed by atoms with Gasteiger partial charge in [0.25, 0.3) is 10.0 Å². The van der Waals surface area contributed by atoms with Crippen LogP contribution in [0, 0.1) is 0 Å². The molecule has 0 heterocycles. The van der Waals surface area contributed by atoms with Crippen molar-refractivity contribution in [1.29, 1.82) is 0 Å². The van der Waals surface area contributed by atoms with E-state index in [-0.39, 0.29) is 10.6 Å². The van der Waals surface area contributed by atoms with E-state index in [1.54, 1.807) is 24.3 Å². The molecule has 140 valence electrons. The average Bonchev–Trinajstić information content (AvgIpc) is 2.63. The third-order valence-electron chi connectivity index (χ3n) is 3.30. The molecule has 0 spiro atoms. The van der Waals surface area contributed by atoms with Gasteiger partial charge >= 0.3 is 0 Å². The Labute approximate surface area is 157 Å². The molecule has 0 atom stereocenters. The van der Waals surface area contributed by atoms with Gasteiger partial charge in [0.15, 0.2) is 0 Å². The zero-order valence-corrected chi connectivity index (χ0v) is 16.1. The summed E-state index contributed by atoms with van der Waals surface area (Å²) in [5.41, 5.74) is 0.610. The predicted octanol–water partition coefficient (Wildman–Crippen LogP) is 3.07. The molecular weight excluding hydrogens is 380 g/mol. The van der Waals surface area contributed by atoms with E-state index >= 15 is 0 Å². The average molecular weight is 399 g/mol. The van der Waals surface area contributed by atoms with Gasteiger partial charge in [-0.15, -0.1) is 0 Å². The molecular formula is C17H19ClN2O5S. The van der Waals surface area contributed by atoms with Crippen LogP contribution in [-0.2, 0) is 10.0 Å². The standard InChI is InChI=1S/C17H19ClN2O5S/c1-4-25-15-7-5-12(9-14(15)18)11-19-20-26(21,22)17-10-13(23-2)6-8-16(17)24-3/h5-11,20H,4H2,1-3H3/b19-11+. The third kappa shape index (κ3) is 4.80. The van der Waals surface area contributed by atoms with Crippen LogP contribution in [0.1, 0.15) is 12.5 Å². The van der Waals surface area contributed by atoms with Crippen LogP contribution in [0.4, 0.5) is 0 Å². The van der Waals surface area contributed by atoms with Crippen LogP contribution >= 0.6 is 11.6 Å². The normalized spacial score (nSPS) is 11.4. The Kier molecular flexibility index (Phi) is 6.70. The molecule has 2 aromatic rings. The van der Waals surface area contributed by atoms with Crippen molar-refractivity contribution in [2.24, 2.45) is 5.10 Å². The lowest BCUT2D eigenvalue weighted by molar-refractivity contribution is 0.340. The summed E-state index contributed by atoms with van der Waals surface area (Å²) < 4.78 is 40.4. The number of benzene rings is 2. The largest absolute Gasteiger partial charge is 0.497 e. The van der Waals surface area contributed by atoms with Gasteiger partial charge in [-0.1, -0.05) is 11.6 Å². The number of methoxy groups -OCH3 is 2. The van der Waals surface area contributed by atoms with Crippen molar-refractivity contribution in [3.8, 4) is 17.2 Å². The Morgan fingerprint density at radius 1 is 1.12 bits per heavy atom. The summed E-state index contributed by atoms with van der Waals surface area (Å²) in [4.78, 5) is 2.06. The molecule has 0 radical (unpaired) electrons. The second kappa shape index (κ2) is 8.77. The van der Waals surface area contributed by atoms with Crippen molar-refractivity contribution < 1.29 is 22.6 Å². The summed E-state index contributed by atoms with van der Waals surface area (Å²) in [5.74, 6) is 1.11. The predicted molar refractivity (Wildman–Crippen MR) is 100 cm³/mol. The smallest absolute Gasteiger partial charge is 0.280 e. The molecule has 2 rings (SSSR count). The van der Waals surface area contributed by atoms with Gasteiger partial charge in [-0.2, -0.15) is 18.4 Å². The minimum Gasteiger partial charge on any atom is -0.497 e. The molecule has 2 aromatic carbocycles. The van der Waals surface area contributed by atoms with E-state index in [1.807, 2.05) is 6.92 Å². The lowest BCUT2D eigenvalue weighted by Gasteiger charge is -2.10. The van der Waals surface area contributed by atoms with E-state index in [0.717, 1.165) is 0 Å². The van der Waals surface area contributed by atoms with Crippen LogP contribution in [0.25, 0.3) is 0 Å². The minimum atomic E-state index is -3.94. The number of nitrogens with zero attached hydrogens (tertiary/aromatic N) is 1. The number of nitrogens with one attached hydrogen (secondary N) is 1. The number of rotatable bonds is 8. The van der Waals surface area contributed by atoms with Crippen LogP contribution < -0.4 is 19.0 Å². The molecule has 0 bridgehead atoms. The second-order valence-electron chi connectivity index (χ2n) is 4.99. The Morgan fingerprint density at radius 2 is 1.85 bits per heavy atom. The lowest BCUT2D eigenvalue weighted by Crippen LogP contribution is -2.19. The van der Waals surface area contributed by atoms with Crippen molar-refractivity contribution in [1.82, 2.24) is 4.83 Å². The molecule has 0 aliphatic carbocycles. The highest BCUT2D eigenvalue weighted by molar-refractivity contribution is 7.89. The third-order valence-corrected chi connectivity index (χ3v) is 4.84. The maximum Gasteiger partial charge on any atom is 0.280 e. The van der Waals surface area contributed by atoms with E-state index in [1.165, 1.54) is 32.6 Å². The molecule has 0 amide bonds. The fraction of sp³-hybridized carbons (Fsp3) is 0.235. The minimum absolute atomic E-state index is 0.0822. The first-order valence-corrected chi connectivity index (χ1v) is 9.46. The van der Waals surface area contributed by atoms with Crippen LogP contribution in [0.5, 0.6) is 17.2 Å². The monoisotopic (exact) mass is 398 g/mol. The number of sulfonamides is 1. The molecule has 0 fully saturated rings. The van der Waals surface area contributed by atoms with Crippen LogP contribution in [0.3, 0.4) is 0 Å². The van der Waals surface area contributed by atoms with Crippen molar-refractivity contribution in [3.05, 3.63) is 47.0 Å². The SMILES string of the molecule is CCOc1ccc(/C=N/NS(=O)(=O)c2cc(OC)ccc2OC)cc1Cl. The van der Waals surface area contributed by atoms with E-state index in [4.69, 9.17) is 25.8 Å². The van der Waals surface area contributed by atoms with E-state index in [0.29, 0.717) is 28.7 Å². The highest BCUT2D eigenvalue weighted by atomic mass is 35.5. The maximum absolute atomic E-state index is 12.5. The maximum atomic E-state index is 12.5. The zero-order chi connectivity index (χ0) is 19.2. The molecule has 1 N–H and O–H groups in total. The molecule has 0 aromatic heterocycles.